The maximum Gasteiger partial charge on any atom is 0.352 e. The van der Waals surface area contributed by atoms with Gasteiger partial charge in [0.15, 0.2) is 0 Å². The standard InChI is InChI=1S/C16H20ClNO3/c1-10-8-11(17)6-7-12(10)18-13(15(20)21-5)9-14(19)16(2,3)4/h6-8H,9H2,1-5H3. The largest absolute Gasteiger partial charge is 0.465 e. The van der Waals surface area contributed by atoms with Crippen molar-refractivity contribution in [1.82, 2.24) is 0 Å². The van der Waals surface area contributed by atoms with E-state index in [2.05, 4.69) is 4.99 Å². The predicted molar refractivity (Wildman–Crippen MR) is 84.4 cm³/mol. The number of hydrogen-bond donors (Lipinski definition) is 0. The predicted octanol–water partition coefficient (Wildman–Crippen LogP) is 3.90. The number of hydrogen-bond acceptors (Lipinski definition) is 4. The van der Waals surface area contributed by atoms with Crippen LogP contribution in [0.3, 0.4) is 0 Å². The lowest BCUT2D eigenvalue weighted by Crippen LogP contribution is -2.27. The molecule has 1 aromatic rings. The molecule has 0 aliphatic carbocycles. The first kappa shape index (κ1) is 17.4. The van der Waals surface area contributed by atoms with Crippen molar-refractivity contribution in [3.63, 3.8) is 0 Å². The molecular formula is C16H20ClNO3. The minimum absolute atomic E-state index is 0.0573. The molecule has 1 aromatic carbocycles. The van der Waals surface area contributed by atoms with Gasteiger partial charge < -0.3 is 4.74 Å². The first-order valence-corrected chi connectivity index (χ1v) is 6.98. The first-order chi connectivity index (χ1) is 9.65. The minimum atomic E-state index is -0.595. The summed E-state index contributed by atoms with van der Waals surface area (Å²) in [5.41, 5.74) is 0.987. The SMILES string of the molecule is COC(=O)C(CC(=O)C(C)(C)C)=Nc1ccc(Cl)cc1C. The Balaban J connectivity index is 3.16. The molecule has 1 rings (SSSR count). The third-order valence-electron chi connectivity index (χ3n) is 3.00. The second kappa shape index (κ2) is 6.85. The van der Waals surface area contributed by atoms with Crippen LogP contribution < -0.4 is 0 Å². The molecule has 0 aliphatic heterocycles. The van der Waals surface area contributed by atoms with E-state index in [1.165, 1.54) is 7.11 Å². The van der Waals surface area contributed by atoms with Crippen molar-refractivity contribution in [1.29, 1.82) is 0 Å². The van der Waals surface area contributed by atoms with Crippen LogP contribution in [0.5, 0.6) is 0 Å². The van der Waals surface area contributed by atoms with E-state index in [0.29, 0.717) is 10.7 Å². The van der Waals surface area contributed by atoms with E-state index < -0.39 is 11.4 Å². The molecule has 0 N–H and O–H groups in total. The van der Waals surface area contributed by atoms with Gasteiger partial charge in [0, 0.05) is 10.4 Å². The fourth-order valence-corrected chi connectivity index (χ4v) is 1.81. The number of Topliss-reactive ketones (excluding diaryl/α,β-unsaturated/α-hetero) is 1. The molecule has 114 valence electrons. The molecular weight excluding hydrogens is 290 g/mol. The highest BCUT2D eigenvalue weighted by Gasteiger charge is 2.26. The van der Waals surface area contributed by atoms with Crippen LogP contribution in [0.15, 0.2) is 23.2 Å². The Morgan fingerprint density at radius 3 is 2.38 bits per heavy atom. The summed E-state index contributed by atoms with van der Waals surface area (Å²) < 4.78 is 4.71. The molecule has 5 heteroatoms. The van der Waals surface area contributed by atoms with Gasteiger partial charge in [0.25, 0.3) is 0 Å². The van der Waals surface area contributed by atoms with Crippen LogP contribution in [-0.4, -0.2) is 24.6 Å². The van der Waals surface area contributed by atoms with Crippen LogP contribution in [0, 0.1) is 12.3 Å². The summed E-state index contributed by atoms with van der Waals surface area (Å²) in [6.45, 7) is 7.25. The third kappa shape index (κ3) is 4.97. The second-order valence-electron chi connectivity index (χ2n) is 5.83. The van der Waals surface area contributed by atoms with E-state index >= 15 is 0 Å². The van der Waals surface area contributed by atoms with Crippen molar-refractivity contribution in [3.8, 4) is 0 Å². The number of ketones is 1. The van der Waals surface area contributed by atoms with E-state index in [4.69, 9.17) is 16.3 Å². The molecule has 0 radical (unpaired) electrons. The third-order valence-corrected chi connectivity index (χ3v) is 3.23. The summed E-state index contributed by atoms with van der Waals surface area (Å²) in [6.07, 6.45) is -0.0573. The lowest BCUT2D eigenvalue weighted by atomic mass is 9.88. The minimum Gasteiger partial charge on any atom is -0.465 e. The molecule has 0 saturated heterocycles. The van der Waals surface area contributed by atoms with E-state index in [-0.39, 0.29) is 17.9 Å². The molecule has 0 atom stereocenters. The van der Waals surface area contributed by atoms with E-state index in [1.54, 1.807) is 39.0 Å². The van der Waals surface area contributed by atoms with Crippen molar-refractivity contribution in [2.45, 2.75) is 34.1 Å². The zero-order chi connectivity index (χ0) is 16.2. The number of rotatable bonds is 4. The normalized spacial score (nSPS) is 12.2. The summed E-state index contributed by atoms with van der Waals surface area (Å²) in [5, 5.41) is 0.594. The van der Waals surface area contributed by atoms with Gasteiger partial charge in [0.1, 0.15) is 11.5 Å². The van der Waals surface area contributed by atoms with Crippen molar-refractivity contribution in [2.75, 3.05) is 7.11 Å². The maximum atomic E-state index is 12.1. The number of ether oxygens (including phenoxy) is 1. The molecule has 0 aliphatic rings. The van der Waals surface area contributed by atoms with Gasteiger partial charge in [-0.3, -0.25) is 4.79 Å². The monoisotopic (exact) mass is 309 g/mol. The van der Waals surface area contributed by atoms with Gasteiger partial charge in [0.05, 0.1) is 19.2 Å². The highest BCUT2D eigenvalue weighted by atomic mass is 35.5. The quantitative estimate of drug-likeness (QED) is 0.626. The number of esters is 1. The Bertz CT molecular complexity index is 586. The molecule has 0 fully saturated rings. The average molecular weight is 310 g/mol. The van der Waals surface area contributed by atoms with Gasteiger partial charge in [-0.25, -0.2) is 9.79 Å². The molecule has 21 heavy (non-hydrogen) atoms. The molecule has 0 saturated carbocycles. The molecule has 0 amide bonds. The summed E-state index contributed by atoms with van der Waals surface area (Å²) in [7, 11) is 1.27. The maximum absolute atomic E-state index is 12.1. The lowest BCUT2D eigenvalue weighted by Gasteiger charge is -2.16. The molecule has 0 aromatic heterocycles. The van der Waals surface area contributed by atoms with Crippen LogP contribution in [0.4, 0.5) is 5.69 Å². The van der Waals surface area contributed by atoms with E-state index in [1.807, 2.05) is 6.92 Å². The van der Waals surface area contributed by atoms with Crippen LogP contribution in [0.2, 0.25) is 5.02 Å². The number of aliphatic imine (C=N–C) groups is 1. The fraction of sp³-hybridized carbons (Fsp3) is 0.438. The molecule has 0 spiro atoms. The van der Waals surface area contributed by atoms with Gasteiger partial charge in [-0.05, 0) is 30.7 Å². The highest BCUT2D eigenvalue weighted by Crippen LogP contribution is 2.24. The number of benzene rings is 1. The highest BCUT2D eigenvalue weighted by molar-refractivity contribution is 6.40. The topological polar surface area (TPSA) is 55.7 Å². The summed E-state index contributed by atoms with van der Waals surface area (Å²) in [4.78, 5) is 28.2. The van der Waals surface area contributed by atoms with Crippen molar-refractivity contribution in [3.05, 3.63) is 28.8 Å². The Hall–Kier alpha value is -1.68. The average Bonchev–Trinajstić information content (AvgIpc) is 2.38. The number of carbonyl (C=O) groups is 2. The first-order valence-electron chi connectivity index (χ1n) is 6.60. The Morgan fingerprint density at radius 2 is 1.90 bits per heavy atom. The Kier molecular flexibility index (Phi) is 5.67. The zero-order valence-electron chi connectivity index (χ0n) is 13.0. The van der Waals surface area contributed by atoms with Crippen molar-refractivity contribution >= 4 is 34.8 Å². The summed E-state index contributed by atoms with van der Waals surface area (Å²) in [6, 6.07) is 5.15. The number of methoxy groups -OCH3 is 1. The molecule has 0 heterocycles. The van der Waals surface area contributed by atoms with Gasteiger partial charge in [0.2, 0.25) is 0 Å². The van der Waals surface area contributed by atoms with Gasteiger partial charge in [-0.2, -0.15) is 0 Å². The second-order valence-corrected chi connectivity index (χ2v) is 6.27. The van der Waals surface area contributed by atoms with Gasteiger partial charge >= 0.3 is 5.97 Å². The number of carbonyl (C=O) groups excluding carboxylic acids is 2. The summed E-state index contributed by atoms with van der Waals surface area (Å²) in [5.74, 6) is -0.666. The molecule has 4 nitrogen and oxygen atoms in total. The molecule has 0 unspecified atom stereocenters. The van der Waals surface area contributed by atoms with Crippen LogP contribution in [0.25, 0.3) is 0 Å². The van der Waals surface area contributed by atoms with Crippen LogP contribution in [-0.2, 0) is 14.3 Å². The van der Waals surface area contributed by atoms with Crippen molar-refractivity contribution < 1.29 is 14.3 Å². The number of halogens is 1. The number of nitrogens with zero attached hydrogens (tertiary/aromatic N) is 1. The van der Waals surface area contributed by atoms with Gasteiger partial charge in [-0.15, -0.1) is 0 Å². The fourth-order valence-electron chi connectivity index (χ4n) is 1.58. The van der Waals surface area contributed by atoms with Gasteiger partial charge in [-0.1, -0.05) is 32.4 Å². The number of aryl methyl sites for hydroxylation is 1. The lowest BCUT2D eigenvalue weighted by molar-refractivity contribution is -0.134. The summed E-state index contributed by atoms with van der Waals surface area (Å²) >= 11 is 5.89. The van der Waals surface area contributed by atoms with Crippen molar-refractivity contribution in [2.24, 2.45) is 10.4 Å². The zero-order valence-corrected chi connectivity index (χ0v) is 13.7. The Labute approximate surface area is 130 Å². The van der Waals surface area contributed by atoms with E-state index in [0.717, 1.165) is 5.56 Å². The Morgan fingerprint density at radius 1 is 1.29 bits per heavy atom. The van der Waals surface area contributed by atoms with Crippen LogP contribution >= 0.6 is 11.6 Å². The smallest absolute Gasteiger partial charge is 0.352 e. The van der Waals surface area contributed by atoms with Crippen LogP contribution in [0.1, 0.15) is 32.8 Å². The van der Waals surface area contributed by atoms with E-state index in [9.17, 15) is 9.59 Å². The molecule has 0 bridgehead atoms.